The molecular weight excluding hydrogens is 212 g/mol. The zero-order chi connectivity index (χ0) is 12.4. The van der Waals surface area contributed by atoms with E-state index in [1.807, 2.05) is 6.07 Å². The molecule has 94 valence electrons. The average Bonchev–Trinajstić information content (AvgIpc) is 2.27. The molecule has 0 radical (unpaired) electrons. The first-order chi connectivity index (χ1) is 8.06. The standard InChI is InChI=1S/C14H22N2O/c1-11-4-5-14(17)13(8-11)10-16-7-6-15(3)9-12(16)2/h4-5,8,12,17H,6-7,9-10H2,1-3H3. The van der Waals surface area contributed by atoms with Crippen LogP contribution in [-0.2, 0) is 6.54 Å². The minimum absolute atomic E-state index is 0.418. The fourth-order valence-electron chi connectivity index (χ4n) is 2.47. The molecule has 1 atom stereocenters. The summed E-state index contributed by atoms with van der Waals surface area (Å²) >= 11 is 0. The number of benzene rings is 1. The highest BCUT2D eigenvalue weighted by Gasteiger charge is 2.22. The van der Waals surface area contributed by atoms with Crippen molar-refractivity contribution in [2.45, 2.75) is 26.4 Å². The van der Waals surface area contributed by atoms with E-state index in [0.29, 0.717) is 11.8 Å². The number of hydrogen-bond donors (Lipinski definition) is 1. The number of rotatable bonds is 2. The third kappa shape index (κ3) is 2.99. The van der Waals surface area contributed by atoms with Gasteiger partial charge in [-0.25, -0.2) is 0 Å². The highest BCUT2D eigenvalue weighted by atomic mass is 16.3. The Balaban J connectivity index is 2.07. The molecule has 1 heterocycles. The van der Waals surface area contributed by atoms with E-state index in [9.17, 15) is 5.11 Å². The van der Waals surface area contributed by atoms with Crippen LogP contribution in [0.1, 0.15) is 18.1 Å². The van der Waals surface area contributed by atoms with Crippen molar-refractivity contribution in [3.63, 3.8) is 0 Å². The van der Waals surface area contributed by atoms with Gasteiger partial charge >= 0.3 is 0 Å². The molecule has 1 aliphatic heterocycles. The van der Waals surface area contributed by atoms with E-state index in [1.54, 1.807) is 6.07 Å². The predicted molar refractivity (Wildman–Crippen MR) is 70.2 cm³/mol. The summed E-state index contributed by atoms with van der Waals surface area (Å²) in [5, 5.41) is 9.87. The molecule has 2 rings (SSSR count). The third-order valence-corrected chi connectivity index (χ3v) is 3.58. The maximum Gasteiger partial charge on any atom is 0.120 e. The highest BCUT2D eigenvalue weighted by molar-refractivity contribution is 5.35. The lowest BCUT2D eigenvalue weighted by Gasteiger charge is -2.38. The first-order valence-electron chi connectivity index (χ1n) is 6.27. The van der Waals surface area contributed by atoms with Crippen LogP contribution < -0.4 is 0 Å². The summed E-state index contributed by atoms with van der Waals surface area (Å²) in [6, 6.07) is 6.38. The zero-order valence-corrected chi connectivity index (χ0v) is 11.0. The topological polar surface area (TPSA) is 26.7 Å². The van der Waals surface area contributed by atoms with Gasteiger partial charge in [0.1, 0.15) is 5.75 Å². The van der Waals surface area contributed by atoms with Gasteiger partial charge in [-0.05, 0) is 27.0 Å². The Morgan fingerprint density at radius 1 is 1.35 bits per heavy atom. The molecule has 0 spiro atoms. The van der Waals surface area contributed by atoms with Crippen LogP contribution in [0.25, 0.3) is 0 Å². The third-order valence-electron chi connectivity index (χ3n) is 3.58. The molecule has 1 aromatic rings. The summed E-state index contributed by atoms with van der Waals surface area (Å²) in [4.78, 5) is 4.80. The molecule has 1 N–H and O–H groups in total. The van der Waals surface area contributed by atoms with Crippen LogP contribution in [0.3, 0.4) is 0 Å². The minimum Gasteiger partial charge on any atom is -0.508 e. The molecule has 1 saturated heterocycles. The quantitative estimate of drug-likeness (QED) is 0.846. The summed E-state index contributed by atoms with van der Waals surface area (Å²) in [6.45, 7) is 8.45. The number of hydrogen-bond acceptors (Lipinski definition) is 3. The smallest absolute Gasteiger partial charge is 0.120 e. The first kappa shape index (κ1) is 12.4. The summed E-state index contributed by atoms with van der Waals surface area (Å²) in [5.41, 5.74) is 2.25. The number of aromatic hydroxyl groups is 1. The Kier molecular flexibility index (Phi) is 3.69. The molecule has 1 aromatic carbocycles. The Morgan fingerprint density at radius 3 is 2.82 bits per heavy atom. The van der Waals surface area contributed by atoms with Crippen LogP contribution in [0.15, 0.2) is 18.2 Å². The van der Waals surface area contributed by atoms with Crippen LogP contribution in [0.5, 0.6) is 5.75 Å². The van der Waals surface area contributed by atoms with Crippen molar-refractivity contribution in [1.29, 1.82) is 0 Å². The average molecular weight is 234 g/mol. The number of aryl methyl sites for hydroxylation is 1. The molecule has 3 nitrogen and oxygen atoms in total. The molecule has 1 fully saturated rings. The monoisotopic (exact) mass is 234 g/mol. The van der Waals surface area contributed by atoms with Crippen molar-refractivity contribution in [2.24, 2.45) is 0 Å². The van der Waals surface area contributed by atoms with Gasteiger partial charge in [0.2, 0.25) is 0 Å². The second kappa shape index (κ2) is 5.07. The molecule has 0 aliphatic carbocycles. The van der Waals surface area contributed by atoms with Crippen molar-refractivity contribution in [2.75, 3.05) is 26.7 Å². The lowest BCUT2D eigenvalue weighted by atomic mass is 10.1. The molecule has 1 unspecified atom stereocenters. The van der Waals surface area contributed by atoms with Gasteiger partial charge in [0.25, 0.3) is 0 Å². The number of likely N-dealkylation sites (N-methyl/N-ethyl adjacent to an activating group) is 1. The maximum absolute atomic E-state index is 9.87. The Morgan fingerprint density at radius 2 is 2.12 bits per heavy atom. The van der Waals surface area contributed by atoms with Crippen molar-refractivity contribution in [1.82, 2.24) is 9.80 Å². The van der Waals surface area contributed by atoms with Gasteiger partial charge < -0.3 is 10.0 Å². The summed E-state index contributed by atoms with van der Waals surface area (Å²) in [6.07, 6.45) is 0. The van der Waals surface area contributed by atoms with Crippen molar-refractivity contribution in [3.8, 4) is 5.75 Å². The van der Waals surface area contributed by atoms with Gasteiger partial charge in [-0.3, -0.25) is 4.90 Å². The molecule has 0 saturated carbocycles. The Labute approximate surface area is 104 Å². The van der Waals surface area contributed by atoms with E-state index < -0.39 is 0 Å². The van der Waals surface area contributed by atoms with Crippen molar-refractivity contribution in [3.05, 3.63) is 29.3 Å². The van der Waals surface area contributed by atoms with Crippen LogP contribution in [-0.4, -0.2) is 47.6 Å². The van der Waals surface area contributed by atoms with Gasteiger partial charge in [-0.2, -0.15) is 0 Å². The van der Waals surface area contributed by atoms with E-state index in [1.165, 1.54) is 5.56 Å². The number of phenols is 1. The first-order valence-corrected chi connectivity index (χ1v) is 6.27. The van der Waals surface area contributed by atoms with Crippen LogP contribution in [0.2, 0.25) is 0 Å². The predicted octanol–water partition coefficient (Wildman–Crippen LogP) is 1.84. The van der Waals surface area contributed by atoms with Gasteiger partial charge in [-0.15, -0.1) is 0 Å². The van der Waals surface area contributed by atoms with Crippen molar-refractivity contribution >= 4 is 0 Å². The van der Waals surface area contributed by atoms with E-state index in [0.717, 1.165) is 31.7 Å². The van der Waals surface area contributed by atoms with Gasteiger partial charge in [0.15, 0.2) is 0 Å². The number of piperazine rings is 1. The van der Waals surface area contributed by atoms with Crippen molar-refractivity contribution < 1.29 is 5.11 Å². The van der Waals surface area contributed by atoms with Crippen LogP contribution >= 0.6 is 0 Å². The van der Waals surface area contributed by atoms with Crippen LogP contribution in [0, 0.1) is 6.92 Å². The normalized spacial score (nSPS) is 22.9. The number of phenolic OH excluding ortho intramolecular Hbond substituents is 1. The fraction of sp³-hybridized carbons (Fsp3) is 0.571. The SMILES string of the molecule is Cc1ccc(O)c(CN2CCN(C)CC2C)c1. The maximum atomic E-state index is 9.87. The van der Waals surface area contributed by atoms with Gasteiger partial charge in [0.05, 0.1) is 0 Å². The molecule has 0 amide bonds. The summed E-state index contributed by atoms with van der Waals surface area (Å²) in [7, 11) is 2.16. The fourth-order valence-corrected chi connectivity index (χ4v) is 2.47. The minimum atomic E-state index is 0.418. The molecule has 0 aromatic heterocycles. The number of nitrogens with zero attached hydrogens (tertiary/aromatic N) is 2. The van der Waals surface area contributed by atoms with E-state index in [2.05, 4.69) is 36.8 Å². The Bertz CT molecular complexity index is 392. The lowest BCUT2D eigenvalue weighted by molar-refractivity contribution is 0.0931. The highest BCUT2D eigenvalue weighted by Crippen LogP contribution is 2.22. The zero-order valence-electron chi connectivity index (χ0n) is 11.0. The largest absolute Gasteiger partial charge is 0.508 e. The van der Waals surface area contributed by atoms with Gasteiger partial charge in [0, 0.05) is 37.8 Å². The molecular formula is C14H22N2O. The van der Waals surface area contributed by atoms with Crippen LogP contribution in [0.4, 0.5) is 0 Å². The van der Waals surface area contributed by atoms with Gasteiger partial charge in [-0.1, -0.05) is 17.7 Å². The van der Waals surface area contributed by atoms with E-state index in [4.69, 9.17) is 0 Å². The Hall–Kier alpha value is -1.06. The molecule has 17 heavy (non-hydrogen) atoms. The summed E-state index contributed by atoms with van der Waals surface area (Å²) in [5.74, 6) is 0.418. The van der Waals surface area contributed by atoms with E-state index >= 15 is 0 Å². The second-order valence-corrected chi connectivity index (χ2v) is 5.21. The summed E-state index contributed by atoms with van der Waals surface area (Å²) < 4.78 is 0. The lowest BCUT2D eigenvalue weighted by Crippen LogP contribution is -2.49. The molecule has 1 aliphatic rings. The molecule has 0 bridgehead atoms. The second-order valence-electron chi connectivity index (χ2n) is 5.21. The molecule has 3 heteroatoms. The van der Waals surface area contributed by atoms with E-state index in [-0.39, 0.29) is 0 Å².